The number of fused-ring (bicyclic) bond motifs is 1. The zero-order chi connectivity index (χ0) is 25.1. The van der Waals surface area contributed by atoms with Gasteiger partial charge in [-0.1, -0.05) is 48.9 Å². The quantitative estimate of drug-likeness (QED) is 0.424. The molecule has 0 unspecified atom stereocenters. The van der Waals surface area contributed by atoms with Crippen molar-refractivity contribution in [3.8, 4) is 0 Å². The summed E-state index contributed by atoms with van der Waals surface area (Å²) in [5.41, 5.74) is 4.83. The summed E-state index contributed by atoms with van der Waals surface area (Å²) in [6.07, 6.45) is 2.38. The first kappa shape index (κ1) is 23.9. The average molecular weight is 502 g/mol. The minimum atomic E-state index is -0.176. The van der Waals surface area contributed by atoms with Crippen molar-refractivity contribution in [2.45, 2.75) is 19.9 Å². The Labute approximate surface area is 215 Å². The fourth-order valence-corrected chi connectivity index (χ4v) is 4.74. The van der Waals surface area contributed by atoms with Crippen LogP contribution >= 0.6 is 11.6 Å². The monoisotopic (exact) mass is 501 g/mol. The number of aryl methyl sites for hydroxylation is 1. The molecule has 8 heteroatoms. The van der Waals surface area contributed by atoms with Crippen LogP contribution in [0.1, 0.15) is 39.0 Å². The molecular formula is C28H28ClN5O2. The Bertz CT molecular complexity index is 1380. The van der Waals surface area contributed by atoms with E-state index in [9.17, 15) is 9.59 Å². The molecule has 1 saturated heterocycles. The summed E-state index contributed by atoms with van der Waals surface area (Å²) in [5, 5.41) is 3.57. The maximum atomic E-state index is 13.0. The highest BCUT2D eigenvalue weighted by atomic mass is 35.5. The van der Waals surface area contributed by atoms with Gasteiger partial charge in [0.2, 0.25) is 0 Å². The second-order valence-corrected chi connectivity index (χ2v) is 9.27. The number of aromatic nitrogens is 2. The molecule has 1 N–H and O–H groups in total. The molecule has 0 spiro atoms. The molecule has 3 heterocycles. The molecule has 4 aromatic rings. The molecule has 2 aromatic carbocycles. The summed E-state index contributed by atoms with van der Waals surface area (Å²) in [7, 11) is 0. The smallest absolute Gasteiger partial charge is 0.270 e. The van der Waals surface area contributed by atoms with E-state index < -0.39 is 0 Å². The van der Waals surface area contributed by atoms with Gasteiger partial charge in [0.1, 0.15) is 11.3 Å². The average Bonchev–Trinajstić information content (AvgIpc) is 3.30. The van der Waals surface area contributed by atoms with Crippen LogP contribution in [0.3, 0.4) is 0 Å². The first-order valence-corrected chi connectivity index (χ1v) is 12.5. The van der Waals surface area contributed by atoms with Crippen LogP contribution in [-0.2, 0) is 13.0 Å². The number of nitrogens with zero attached hydrogens (tertiary/aromatic N) is 4. The second kappa shape index (κ2) is 10.4. The van der Waals surface area contributed by atoms with Gasteiger partial charge in [0.25, 0.3) is 11.8 Å². The van der Waals surface area contributed by atoms with Crippen molar-refractivity contribution in [3.63, 3.8) is 0 Å². The van der Waals surface area contributed by atoms with Crippen LogP contribution in [0, 0.1) is 0 Å². The minimum Gasteiger partial charge on any atom is -0.368 e. The Morgan fingerprint density at radius 1 is 0.944 bits per heavy atom. The van der Waals surface area contributed by atoms with E-state index in [1.54, 1.807) is 16.7 Å². The van der Waals surface area contributed by atoms with Crippen LogP contribution in [-0.4, -0.2) is 52.3 Å². The standard InChI is InChI=1S/C28H28ClN5O2/c1-2-24-26(34-19-22(29)10-13-25(34)31-24)27(35)30-18-20-8-11-23(12-9-20)32-14-16-33(17-15-32)28(36)21-6-4-3-5-7-21/h3-13,19H,2,14-18H2,1H3,(H,30,35). The lowest BCUT2D eigenvalue weighted by Gasteiger charge is -2.36. The van der Waals surface area contributed by atoms with E-state index in [1.807, 2.05) is 60.4 Å². The van der Waals surface area contributed by atoms with Crippen LogP contribution in [0.2, 0.25) is 5.02 Å². The maximum Gasteiger partial charge on any atom is 0.270 e. The number of hydrogen-bond acceptors (Lipinski definition) is 4. The fraction of sp³-hybridized carbons (Fsp3) is 0.250. The molecule has 7 nitrogen and oxygen atoms in total. The van der Waals surface area contributed by atoms with Crippen LogP contribution in [0.15, 0.2) is 72.9 Å². The molecule has 2 amide bonds. The van der Waals surface area contributed by atoms with Gasteiger partial charge in [-0.15, -0.1) is 0 Å². The number of halogens is 1. The van der Waals surface area contributed by atoms with E-state index in [2.05, 4.69) is 27.3 Å². The van der Waals surface area contributed by atoms with Crippen LogP contribution in [0.5, 0.6) is 0 Å². The van der Waals surface area contributed by atoms with Gasteiger partial charge in [0, 0.05) is 50.2 Å². The zero-order valence-electron chi connectivity index (χ0n) is 20.2. The maximum absolute atomic E-state index is 13.0. The van der Waals surface area contributed by atoms with Crippen molar-refractivity contribution in [3.05, 3.63) is 100 Å². The number of rotatable bonds is 6. The van der Waals surface area contributed by atoms with Gasteiger partial charge >= 0.3 is 0 Å². The predicted octanol–water partition coefficient (Wildman–Crippen LogP) is 4.44. The number of amides is 2. The van der Waals surface area contributed by atoms with Gasteiger partial charge in [-0.25, -0.2) is 4.98 Å². The Morgan fingerprint density at radius 2 is 1.67 bits per heavy atom. The zero-order valence-corrected chi connectivity index (χ0v) is 20.9. The number of nitrogens with one attached hydrogen (secondary N) is 1. The van der Waals surface area contributed by atoms with E-state index in [0.29, 0.717) is 42.4 Å². The highest BCUT2D eigenvalue weighted by Gasteiger charge is 2.22. The largest absolute Gasteiger partial charge is 0.368 e. The van der Waals surface area contributed by atoms with Crippen molar-refractivity contribution in [2.75, 3.05) is 31.1 Å². The molecule has 36 heavy (non-hydrogen) atoms. The molecule has 1 aliphatic rings. The van der Waals surface area contributed by atoms with Crippen molar-refractivity contribution in [1.29, 1.82) is 0 Å². The molecule has 0 atom stereocenters. The van der Waals surface area contributed by atoms with E-state index in [4.69, 9.17) is 11.6 Å². The fourth-order valence-electron chi connectivity index (χ4n) is 4.58. The summed E-state index contributed by atoms with van der Waals surface area (Å²) < 4.78 is 1.75. The number of anilines is 1. The lowest BCUT2D eigenvalue weighted by Crippen LogP contribution is -2.48. The van der Waals surface area contributed by atoms with E-state index >= 15 is 0 Å². The van der Waals surface area contributed by atoms with Crippen molar-refractivity contribution < 1.29 is 9.59 Å². The van der Waals surface area contributed by atoms with Gasteiger partial charge in [0.15, 0.2) is 0 Å². The van der Waals surface area contributed by atoms with Crippen molar-refractivity contribution in [1.82, 2.24) is 19.6 Å². The summed E-state index contributed by atoms with van der Waals surface area (Å²) in [6, 6.07) is 21.2. The van der Waals surface area contributed by atoms with Crippen LogP contribution in [0.4, 0.5) is 5.69 Å². The number of carbonyl (C=O) groups is 2. The first-order valence-electron chi connectivity index (χ1n) is 12.2. The van der Waals surface area contributed by atoms with E-state index in [1.165, 1.54) is 0 Å². The number of carbonyl (C=O) groups excluding carboxylic acids is 2. The third kappa shape index (κ3) is 4.93. The molecule has 0 saturated carbocycles. The number of benzene rings is 2. The Kier molecular flexibility index (Phi) is 6.91. The third-order valence-corrected chi connectivity index (χ3v) is 6.77. The Morgan fingerprint density at radius 3 is 2.36 bits per heavy atom. The number of hydrogen-bond donors (Lipinski definition) is 1. The predicted molar refractivity (Wildman–Crippen MR) is 142 cm³/mol. The topological polar surface area (TPSA) is 70.0 Å². The highest BCUT2D eigenvalue weighted by molar-refractivity contribution is 6.30. The van der Waals surface area contributed by atoms with Crippen LogP contribution < -0.4 is 10.2 Å². The lowest BCUT2D eigenvalue weighted by atomic mass is 10.1. The summed E-state index contributed by atoms with van der Waals surface area (Å²) in [6.45, 7) is 5.34. The molecule has 0 radical (unpaired) electrons. The van der Waals surface area contributed by atoms with Gasteiger partial charge in [-0.3, -0.25) is 14.0 Å². The molecule has 5 rings (SSSR count). The third-order valence-electron chi connectivity index (χ3n) is 6.55. The second-order valence-electron chi connectivity index (χ2n) is 8.83. The summed E-state index contributed by atoms with van der Waals surface area (Å²) in [4.78, 5) is 34.5. The SMILES string of the molecule is CCc1nc2ccc(Cl)cn2c1C(=O)NCc1ccc(N2CCN(C(=O)c3ccccc3)CC2)cc1. The van der Waals surface area contributed by atoms with Gasteiger partial charge in [-0.2, -0.15) is 0 Å². The number of piperazine rings is 1. The van der Waals surface area contributed by atoms with Gasteiger partial charge in [-0.05, 0) is 48.4 Å². The molecule has 1 fully saturated rings. The van der Waals surface area contributed by atoms with Crippen LogP contribution in [0.25, 0.3) is 5.65 Å². The Balaban J connectivity index is 1.19. The van der Waals surface area contributed by atoms with Gasteiger partial charge < -0.3 is 15.1 Å². The van der Waals surface area contributed by atoms with E-state index in [-0.39, 0.29) is 11.8 Å². The molecule has 184 valence electrons. The summed E-state index contributed by atoms with van der Waals surface area (Å²) in [5.74, 6) is -0.0919. The number of pyridine rings is 1. The molecular weight excluding hydrogens is 474 g/mol. The number of imidazole rings is 1. The van der Waals surface area contributed by atoms with E-state index in [0.717, 1.165) is 35.6 Å². The first-order chi connectivity index (χ1) is 17.5. The Hall–Kier alpha value is -3.84. The summed E-state index contributed by atoms with van der Waals surface area (Å²) >= 11 is 6.15. The highest BCUT2D eigenvalue weighted by Crippen LogP contribution is 2.20. The minimum absolute atomic E-state index is 0.0841. The van der Waals surface area contributed by atoms with Crippen molar-refractivity contribution >= 4 is 34.7 Å². The normalized spacial score (nSPS) is 13.7. The molecule has 0 aliphatic carbocycles. The molecule has 2 aromatic heterocycles. The van der Waals surface area contributed by atoms with Gasteiger partial charge in [0.05, 0.1) is 10.7 Å². The van der Waals surface area contributed by atoms with Crippen molar-refractivity contribution in [2.24, 2.45) is 0 Å². The lowest BCUT2D eigenvalue weighted by molar-refractivity contribution is 0.0746. The molecule has 1 aliphatic heterocycles. The molecule has 0 bridgehead atoms.